The van der Waals surface area contributed by atoms with Crippen LogP contribution < -0.4 is 16.1 Å². The lowest BCUT2D eigenvalue weighted by Gasteiger charge is -2.10. The summed E-state index contributed by atoms with van der Waals surface area (Å²) in [6, 6.07) is 5.36. The number of hydrogen-bond acceptors (Lipinski definition) is 1. The third-order valence-electron chi connectivity index (χ3n) is 2.11. The van der Waals surface area contributed by atoms with Crippen molar-refractivity contribution in [3.05, 3.63) is 28.2 Å². The van der Waals surface area contributed by atoms with Crippen LogP contribution in [0.2, 0.25) is 10.0 Å². The van der Waals surface area contributed by atoms with Gasteiger partial charge >= 0.3 is 5.96 Å². The van der Waals surface area contributed by atoms with Crippen molar-refractivity contribution in [2.24, 2.45) is 0 Å². The molecule has 4 nitrogen and oxygen atoms in total. The highest BCUT2D eigenvalue weighted by atomic mass is 35.5. The summed E-state index contributed by atoms with van der Waals surface area (Å²) in [5.41, 5.74) is 3.64. The molecule has 0 aliphatic carbocycles. The molecule has 3 N–H and O–H groups in total. The van der Waals surface area contributed by atoms with Gasteiger partial charge in [-0.05, 0) is 12.1 Å². The number of para-hydroxylation sites is 1. The Balaban J connectivity index is 3.04. The van der Waals surface area contributed by atoms with E-state index in [4.69, 9.17) is 23.2 Å². The van der Waals surface area contributed by atoms with Crippen molar-refractivity contribution in [2.75, 3.05) is 26.5 Å². The summed E-state index contributed by atoms with van der Waals surface area (Å²) >= 11 is 12.1. The van der Waals surface area contributed by atoms with Crippen LogP contribution in [-0.2, 0) is 0 Å². The summed E-state index contributed by atoms with van der Waals surface area (Å²) in [7, 11) is 5.48. The lowest BCUT2D eigenvalue weighted by atomic mass is 10.3. The first-order valence-electron chi connectivity index (χ1n) is 4.77. The Morgan fingerprint density at radius 3 is 2.19 bits per heavy atom. The molecule has 0 aliphatic heterocycles. The molecule has 1 rings (SSSR count). The SMILES string of the molecule is CNC(Nc1c(Cl)cccc1Cl)=[N+](C)NC. The highest BCUT2D eigenvalue weighted by Gasteiger charge is 2.13. The first kappa shape index (κ1) is 12.9. The van der Waals surface area contributed by atoms with E-state index < -0.39 is 0 Å². The molecule has 0 heterocycles. The van der Waals surface area contributed by atoms with Gasteiger partial charge in [0.15, 0.2) is 0 Å². The number of anilines is 1. The molecule has 0 fully saturated rings. The zero-order valence-electron chi connectivity index (χ0n) is 9.44. The summed E-state index contributed by atoms with van der Waals surface area (Å²) in [6.45, 7) is 0. The number of nitrogens with one attached hydrogen (secondary N) is 3. The third kappa shape index (κ3) is 2.93. The maximum Gasteiger partial charge on any atom is 0.372 e. The molecule has 88 valence electrons. The summed E-state index contributed by atoms with van der Waals surface area (Å²) in [5.74, 6) is 0.748. The van der Waals surface area contributed by atoms with Gasteiger partial charge in [-0.2, -0.15) is 4.68 Å². The first-order valence-corrected chi connectivity index (χ1v) is 5.52. The normalized spacial score (nSPS) is 11.8. The van der Waals surface area contributed by atoms with Gasteiger partial charge in [0.2, 0.25) is 0 Å². The molecule has 0 radical (unpaired) electrons. The quantitative estimate of drug-likeness (QED) is 0.329. The first-order chi connectivity index (χ1) is 7.60. The van der Waals surface area contributed by atoms with Crippen LogP contribution in [0.25, 0.3) is 0 Å². The van der Waals surface area contributed by atoms with Crippen molar-refractivity contribution in [3.63, 3.8) is 0 Å². The van der Waals surface area contributed by atoms with E-state index in [1.54, 1.807) is 29.9 Å². The topological polar surface area (TPSA) is 39.1 Å². The van der Waals surface area contributed by atoms with E-state index in [0.717, 1.165) is 5.96 Å². The highest BCUT2D eigenvalue weighted by Crippen LogP contribution is 2.29. The smallest absolute Gasteiger partial charge is 0.284 e. The molecule has 0 aliphatic rings. The van der Waals surface area contributed by atoms with Crippen molar-refractivity contribution in [2.45, 2.75) is 0 Å². The molecule has 0 unspecified atom stereocenters. The summed E-state index contributed by atoms with van der Waals surface area (Å²) in [5, 5.41) is 7.28. The van der Waals surface area contributed by atoms with E-state index >= 15 is 0 Å². The standard InChI is InChI=1S/C10H14Cl2N4/c1-13-10(16(3)14-2)15-9-7(11)5-4-6-8(9)12/h4-6,14H,1-3H3,(H,13,15)/p+1. The summed E-state index contributed by atoms with van der Waals surface area (Å²) in [4.78, 5) is 0. The molecular weight excluding hydrogens is 247 g/mol. The Morgan fingerprint density at radius 2 is 1.75 bits per heavy atom. The van der Waals surface area contributed by atoms with Crippen molar-refractivity contribution in [1.82, 2.24) is 10.7 Å². The lowest BCUT2D eigenvalue weighted by Crippen LogP contribution is -2.40. The van der Waals surface area contributed by atoms with Crippen LogP contribution in [-0.4, -0.2) is 31.8 Å². The number of hydrogen-bond donors (Lipinski definition) is 3. The second-order valence-electron chi connectivity index (χ2n) is 3.10. The average molecular weight is 262 g/mol. The fourth-order valence-corrected chi connectivity index (χ4v) is 1.65. The molecule has 0 amide bonds. The number of rotatable bonds is 2. The highest BCUT2D eigenvalue weighted by molar-refractivity contribution is 6.39. The molecular formula is C10H15Cl2N4+. The molecule has 6 heteroatoms. The zero-order chi connectivity index (χ0) is 12.1. The third-order valence-corrected chi connectivity index (χ3v) is 2.74. The van der Waals surface area contributed by atoms with Crippen LogP contribution in [0.1, 0.15) is 0 Å². The molecule has 16 heavy (non-hydrogen) atoms. The maximum atomic E-state index is 6.05. The second kappa shape index (κ2) is 5.82. The summed E-state index contributed by atoms with van der Waals surface area (Å²) in [6.07, 6.45) is 0. The number of guanidine groups is 1. The molecule has 0 atom stereocenters. The van der Waals surface area contributed by atoms with Crippen LogP contribution in [0.5, 0.6) is 0 Å². The van der Waals surface area contributed by atoms with E-state index in [1.807, 2.05) is 14.1 Å². The van der Waals surface area contributed by atoms with Crippen LogP contribution >= 0.6 is 23.2 Å². The predicted octanol–water partition coefficient (Wildman–Crippen LogP) is 1.76. The van der Waals surface area contributed by atoms with Crippen LogP contribution in [0, 0.1) is 0 Å². The molecule has 1 aromatic rings. The number of nitrogens with zero attached hydrogens (tertiary/aromatic N) is 1. The fourth-order valence-electron chi connectivity index (χ4n) is 1.16. The Hall–Kier alpha value is -1.13. The van der Waals surface area contributed by atoms with E-state index in [0.29, 0.717) is 15.7 Å². The largest absolute Gasteiger partial charge is 0.372 e. The van der Waals surface area contributed by atoms with E-state index in [2.05, 4.69) is 16.1 Å². The Labute approximate surface area is 105 Å². The van der Waals surface area contributed by atoms with Gasteiger partial charge in [0.05, 0.1) is 24.1 Å². The minimum atomic E-state index is 0.574. The fraction of sp³-hybridized carbons (Fsp3) is 0.300. The van der Waals surface area contributed by atoms with Crippen molar-refractivity contribution in [3.8, 4) is 0 Å². The van der Waals surface area contributed by atoms with Crippen LogP contribution in [0.15, 0.2) is 18.2 Å². The van der Waals surface area contributed by atoms with Crippen LogP contribution in [0.3, 0.4) is 0 Å². The molecule has 0 bridgehead atoms. The summed E-state index contributed by atoms with van der Waals surface area (Å²) < 4.78 is 1.78. The number of halogens is 2. The minimum absolute atomic E-state index is 0.574. The van der Waals surface area contributed by atoms with Gasteiger partial charge in [-0.25, -0.2) is 5.32 Å². The van der Waals surface area contributed by atoms with Gasteiger partial charge in [-0.1, -0.05) is 29.3 Å². The predicted molar refractivity (Wildman–Crippen MR) is 69.4 cm³/mol. The Bertz CT molecular complexity index is 384. The molecule has 0 saturated carbocycles. The Kier molecular flexibility index (Phi) is 4.71. The van der Waals surface area contributed by atoms with E-state index in [-0.39, 0.29) is 0 Å². The van der Waals surface area contributed by atoms with Gasteiger partial charge < -0.3 is 0 Å². The van der Waals surface area contributed by atoms with Gasteiger partial charge in [-0.3, -0.25) is 10.7 Å². The Morgan fingerprint density at radius 1 is 1.19 bits per heavy atom. The molecule has 0 saturated heterocycles. The number of hydrazone groups is 1. The van der Waals surface area contributed by atoms with Crippen molar-refractivity contribution < 1.29 is 4.68 Å². The molecule has 1 aromatic carbocycles. The molecule has 0 spiro atoms. The number of hydrazine groups is 1. The number of benzene rings is 1. The van der Waals surface area contributed by atoms with Crippen molar-refractivity contribution >= 4 is 34.8 Å². The zero-order valence-corrected chi connectivity index (χ0v) is 10.9. The van der Waals surface area contributed by atoms with Gasteiger partial charge in [0, 0.05) is 7.05 Å². The second-order valence-corrected chi connectivity index (χ2v) is 3.92. The lowest BCUT2D eigenvalue weighted by molar-refractivity contribution is -0.556. The van der Waals surface area contributed by atoms with Gasteiger partial charge in [0.25, 0.3) is 0 Å². The minimum Gasteiger partial charge on any atom is -0.284 e. The van der Waals surface area contributed by atoms with Crippen LogP contribution in [0.4, 0.5) is 5.69 Å². The monoisotopic (exact) mass is 261 g/mol. The van der Waals surface area contributed by atoms with E-state index in [1.165, 1.54) is 0 Å². The van der Waals surface area contributed by atoms with Gasteiger partial charge in [-0.15, -0.1) is 0 Å². The average Bonchev–Trinajstić information content (AvgIpc) is 2.28. The molecule has 0 aromatic heterocycles. The van der Waals surface area contributed by atoms with Crippen molar-refractivity contribution in [1.29, 1.82) is 0 Å². The maximum absolute atomic E-state index is 6.05. The van der Waals surface area contributed by atoms with E-state index in [9.17, 15) is 0 Å². The van der Waals surface area contributed by atoms with Gasteiger partial charge in [0.1, 0.15) is 5.69 Å².